The lowest BCUT2D eigenvalue weighted by Gasteiger charge is -2.34. The van der Waals surface area contributed by atoms with Crippen LogP contribution in [0.1, 0.15) is 20.3 Å². The van der Waals surface area contributed by atoms with Crippen LogP contribution in [0.5, 0.6) is 5.75 Å². The van der Waals surface area contributed by atoms with Crippen molar-refractivity contribution in [2.75, 3.05) is 39.4 Å². The molecule has 0 unspecified atom stereocenters. The lowest BCUT2D eigenvalue weighted by molar-refractivity contribution is -0.133. The van der Waals surface area contributed by atoms with Gasteiger partial charge in [0.2, 0.25) is 5.91 Å². The minimum Gasteiger partial charge on any atom is -0.493 e. The van der Waals surface area contributed by atoms with Gasteiger partial charge in [0.05, 0.1) is 19.6 Å². The molecule has 7 heteroatoms. The molecule has 1 aliphatic rings. The topological polar surface area (TPSA) is 59.1 Å². The Hall–Kier alpha value is -1.95. The Morgan fingerprint density at radius 3 is 2.48 bits per heavy atom. The molecular formula is C18H25ClN2O4. The fraction of sp³-hybridized carbons (Fsp3) is 0.556. The van der Waals surface area contributed by atoms with E-state index in [4.69, 9.17) is 21.1 Å². The van der Waals surface area contributed by atoms with Gasteiger partial charge in [-0.25, -0.2) is 4.79 Å². The number of halogens is 1. The predicted octanol–water partition coefficient (Wildman–Crippen LogP) is 3.05. The molecule has 1 aromatic rings. The van der Waals surface area contributed by atoms with E-state index in [2.05, 4.69) is 0 Å². The number of carbonyl (C=O) groups is 2. The molecule has 1 aromatic carbocycles. The molecule has 25 heavy (non-hydrogen) atoms. The van der Waals surface area contributed by atoms with Gasteiger partial charge in [-0.2, -0.15) is 0 Å². The summed E-state index contributed by atoms with van der Waals surface area (Å²) in [6, 6.07) is 7.09. The fourth-order valence-electron chi connectivity index (χ4n) is 2.44. The molecule has 0 aliphatic carbocycles. The molecule has 138 valence electrons. The molecule has 1 saturated heterocycles. The third-order valence-corrected chi connectivity index (χ3v) is 4.05. The average molecular weight is 369 g/mol. The van der Waals surface area contributed by atoms with E-state index in [0.29, 0.717) is 62.5 Å². The lowest BCUT2D eigenvalue weighted by Crippen LogP contribution is -2.51. The lowest BCUT2D eigenvalue weighted by atomic mass is 10.2. The van der Waals surface area contributed by atoms with Gasteiger partial charge in [-0.1, -0.05) is 31.5 Å². The Morgan fingerprint density at radius 1 is 1.16 bits per heavy atom. The second-order valence-corrected chi connectivity index (χ2v) is 6.83. The summed E-state index contributed by atoms with van der Waals surface area (Å²) < 4.78 is 10.8. The SMILES string of the molecule is CC(C)COC(=O)N1CCN(C(=O)CCOc2cccc(Cl)c2)CC1. The maximum absolute atomic E-state index is 12.2. The highest BCUT2D eigenvalue weighted by molar-refractivity contribution is 6.30. The van der Waals surface area contributed by atoms with Gasteiger partial charge >= 0.3 is 6.09 Å². The molecule has 2 rings (SSSR count). The maximum atomic E-state index is 12.2. The molecule has 1 aliphatic heterocycles. The number of nitrogens with zero attached hydrogens (tertiary/aromatic N) is 2. The van der Waals surface area contributed by atoms with Crippen LogP contribution in [-0.2, 0) is 9.53 Å². The van der Waals surface area contributed by atoms with Gasteiger partial charge in [0.1, 0.15) is 5.75 Å². The van der Waals surface area contributed by atoms with Crippen LogP contribution in [0, 0.1) is 5.92 Å². The Bertz CT molecular complexity index is 586. The number of hydrogen-bond donors (Lipinski definition) is 0. The molecule has 1 heterocycles. The number of rotatable bonds is 6. The molecule has 0 atom stereocenters. The van der Waals surface area contributed by atoms with Gasteiger partial charge in [-0.05, 0) is 24.1 Å². The van der Waals surface area contributed by atoms with Gasteiger partial charge < -0.3 is 19.3 Å². The Morgan fingerprint density at radius 2 is 1.84 bits per heavy atom. The van der Waals surface area contributed by atoms with Crippen LogP contribution >= 0.6 is 11.6 Å². The van der Waals surface area contributed by atoms with Crippen molar-refractivity contribution < 1.29 is 19.1 Å². The largest absolute Gasteiger partial charge is 0.493 e. The van der Waals surface area contributed by atoms with E-state index in [0.717, 1.165) is 0 Å². The van der Waals surface area contributed by atoms with Gasteiger partial charge in [-0.15, -0.1) is 0 Å². The van der Waals surface area contributed by atoms with Crippen molar-refractivity contribution >= 4 is 23.6 Å². The molecule has 1 fully saturated rings. The first kappa shape index (κ1) is 19.4. The van der Waals surface area contributed by atoms with E-state index in [1.165, 1.54) is 0 Å². The Balaban J connectivity index is 1.67. The molecule has 0 spiro atoms. The van der Waals surface area contributed by atoms with Crippen molar-refractivity contribution in [3.8, 4) is 5.75 Å². The Kier molecular flexibility index (Phi) is 7.37. The van der Waals surface area contributed by atoms with Gasteiger partial charge in [0, 0.05) is 31.2 Å². The van der Waals surface area contributed by atoms with Crippen LogP contribution in [0.25, 0.3) is 0 Å². The second kappa shape index (κ2) is 9.51. The fourth-order valence-corrected chi connectivity index (χ4v) is 2.62. The van der Waals surface area contributed by atoms with Crippen LogP contribution < -0.4 is 4.74 Å². The third-order valence-electron chi connectivity index (χ3n) is 3.81. The third kappa shape index (κ3) is 6.46. The number of benzene rings is 1. The summed E-state index contributed by atoms with van der Waals surface area (Å²) in [4.78, 5) is 27.5. The zero-order chi connectivity index (χ0) is 18.2. The average Bonchev–Trinajstić information content (AvgIpc) is 2.59. The number of amides is 2. The first-order valence-corrected chi connectivity index (χ1v) is 8.91. The molecule has 0 radical (unpaired) electrons. The molecule has 0 bridgehead atoms. The highest BCUT2D eigenvalue weighted by Crippen LogP contribution is 2.17. The van der Waals surface area contributed by atoms with Gasteiger partial charge in [0.15, 0.2) is 0 Å². The van der Waals surface area contributed by atoms with Crippen molar-refractivity contribution in [1.29, 1.82) is 0 Å². The monoisotopic (exact) mass is 368 g/mol. The van der Waals surface area contributed by atoms with Crippen molar-refractivity contribution in [3.63, 3.8) is 0 Å². The molecule has 0 N–H and O–H groups in total. The number of piperazine rings is 1. The highest BCUT2D eigenvalue weighted by atomic mass is 35.5. The minimum absolute atomic E-state index is 0.0252. The van der Waals surface area contributed by atoms with Crippen molar-refractivity contribution in [1.82, 2.24) is 9.80 Å². The maximum Gasteiger partial charge on any atom is 0.409 e. The molecule has 0 aromatic heterocycles. The van der Waals surface area contributed by atoms with Crippen LogP contribution in [0.3, 0.4) is 0 Å². The minimum atomic E-state index is -0.301. The van der Waals surface area contributed by atoms with Crippen molar-refractivity contribution in [2.24, 2.45) is 5.92 Å². The number of ether oxygens (including phenoxy) is 2. The molecule has 6 nitrogen and oxygen atoms in total. The first-order valence-electron chi connectivity index (χ1n) is 8.53. The quantitative estimate of drug-likeness (QED) is 0.774. The second-order valence-electron chi connectivity index (χ2n) is 6.39. The van der Waals surface area contributed by atoms with E-state index < -0.39 is 0 Å². The van der Waals surface area contributed by atoms with Gasteiger partial charge in [-0.3, -0.25) is 4.79 Å². The van der Waals surface area contributed by atoms with E-state index >= 15 is 0 Å². The molecule has 0 saturated carbocycles. The van der Waals surface area contributed by atoms with E-state index in [1.807, 2.05) is 13.8 Å². The molecule has 2 amide bonds. The van der Waals surface area contributed by atoms with E-state index in [1.54, 1.807) is 34.1 Å². The van der Waals surface area contributed by atoms with E-state index in [9.17, 15) is 9.59 Å². The van der Waals surface area contributed by atoms with Crippen molar-refractivity contribution in [3.05, 3.63) is 29.3 Å². The van der Waals surface area contributed by atoms with Gasteiger partial charge in [0.25, 0.3) is 0 Å². The Labute approximate surface area is 153 Å². The zero-order valence-electron chi connectivity index (χ0n) is 14.7. The smallest absolute Gasteiger partial charge is 0.409 e. The van der Waals surface area contributed by atoms with Crippen LogP contribution in [-0.4, -0.2) is 61.2 Å². The number of hydrogen-bond acceptors (Lipinski definition) is 4. The predicted molar refractivity (Wildman–Crippen MR) is 95.9 cm³/mol. The number of carbonyl (C=O) groups excluding carboxylic acids is 2. The standard InChI is InChI=1S/C18H25ClN2O4/c1-14(2)13-25-18(23)21-9-7-20(8-10-21)17(22)6-11-24-16-5-3-4-15(19)12-16/h3-5,12,14H,6-11,13H2,1-2H3. The summed E-state index contributed by atoms with van der Waals surface area (Å²) >= 11 is 5.89. The summed E-state index contributed by atoms with van der Waals surface area (Å²) in [7, 11) is 0. The van der Waals surface area contributed by atoms with Crippen LogP contribution in [0.2, 0.25) is 5.02 Å². The summed E-state index contributed by atoms with van der Waals surface area (Å²) in [5.41, 5.74) is 0. The zero-order valence-corrected chi connectivity index (χ0v) is 15.5. The first-order chi connectivity index (χ1) is 12.0. The highest BCUT2D eigenvalue weighted by Gasteiger charge is 2.24. The summed E-state index contributed by atoms with van der Waals surface area (Å²) in [5.74, 6) is 0.988. The summed E-state index contributed by atoms with van der Waals surface area (Å²) in [6.07, 6.45) is -0.00490. The summed E-state index contributed by atoms with van der Waals surface area (Å²) in [6.45, 7) is 6.74. The van der Waals surface area contributed by atoms with Crippen LogP contribution in [0.4, 0.5) is 4.79 Å². The summed E-state index contributed by atoms with van der Waals surface area (Å²) in [5, 5.41) is 0.601. The van der Waals surface area contributed by atoms with Crippen LogP contribution in [0.15, 0.2) is 24.3 Å². The van der Waals surface area contributed by atoms with E-state index in [-0.39, 0.29) is 12.0 Å². The van der Waals surface area contributed by atoms with Crippen molar-refractivity contribution in [2.45, 2.75) is 20.3 Å². The molecular weight excluding hydrogens is 344 g/mol. The normalized spacial score (nSPS) is 14.6.